The summed E-state index contributed by atoms with van der Waals surface area (Å²) >= 11 is 0. The summed E-state index contributed by atoms with van der Waals surface area (Å²) in [6.45, 7) is 0. The number of aromatic hydroxyl groups is 1. The summed E-state index contributed by atoms with van der Waals surface area (Å²) in [5.74, 6) is 0.266. The predicted molar refractivity (Wildman–Crippen MR) is 46.8 cm³/mol. The molecule has 1 aromatic carbocycles. The summed E-state index contributed by atoms with van der Waals surface area (Å²) in [7, 11) is 0. The van der Waals surface area contributed by atoms with Gasteiger partial charge in [0.1, 0.15) is 5.75 Å². The molecule has 2 N–H and O–H groups in total. The van der Waals surface area contributed by atoms with E-state index < -0.39 is 0 Å². The van der Waals surface area contributed by atoms with Crippen molar-refractivity contribution in [3.8, 4) is 17.0 Å². The van der Waals surface area contributed by atoms with E-state index in [-0.39, 0.29) is 36.7 Å². The van der Waals surface area contributed by atoms with E-state index in [9.17, 15) is 5.11 Å². The Hall–Kier alpha value is -0.770. The molecule has 0 amide bonds. The molecule has 0 aliphatic rings. The molecule has 1 aromatic heterocycles. The third-order valence-corrected chi connectivity index (χ3v) is 1.69. The number of benzene rings is 1. The first-order valence-electron chi connectivity index (χ1n) is 3.65. The van der Waals surface area contributed by atoms with Crippen molar-refractivity contribution in [3.05, 3.63) is 36.5 Å². The summed E-state index contributed by atoms with van der Waals surface area (Å²) in [5.41, 5.74) is 1.60. The average molecular weight is 184 g/mol. The minimum absolute atomic E-state index is 0. The van der Waals surface area contributed by atoms with E-state index in [1.165, 1.54) is 0 Å². The first kappa shape index (κ1) is 10.3. The summed E-state index contributed by atoms with van der Waals surface area (Å²) in [6, 6.07) is 8.96. The van der Waals surface area contributed by atoms with E-state index in [1.54, 1.807) is 18.3 Å². The van der Waals surface area contributed by atoms with Crippen molar-refractivity contribution in [3.63, 3.8) is 0 Å². The zero-order valence-corrected chi connectivity index (χ0v) is 9.36. The molecule has 0 aliphatic heterocycles. The van der Waals surface area contributed by atoms with Crippen molar-refractivity contribution in [2.75, 3.05) is 0 Å². The predicted octanol–water partition coefficient (Wildman–Crippen LogP) is -1.10. The third kappa shape index (κ3) is 2.12. The molecule has 13 heavy (non-hydrogen) atoms. The van der Waals surface area contributed by atoms with Crippen molar-refractivity contribution in [2.45, 2.75) is 0 Å². The molecular weight excluding hydrogens is 175 g/mol. The van der Waals surface area contributed by atoms with Crippen LogP contribution in [0.4, 0.5) is 0 Å². The summed E-state index contributed by atoms with van der Waals surface area (Å²) in [5, 5.41) is 16.0. The van der Waals surface area contributed by atoms with Crippen molar-refractivity contribution in [2.24, 2.45) is 0 Å². The van der Waals surface area contributed by atoms with Crippen LogP contribution in [0.25, 0.3) is 11.3 Å². The molecular formula is C9H9N2NaO. The Kier molecular flexibility index (Phi) is 3.54. The maximum atomic E-state index is 9.43. The Morgan fingerprint density at radius 3 is 2.62 bits per heavy atom. The number of H-pyrrole nitrogens is 1. The van der Waals surface area contributed by atoms with Gasteiger partial charge in [-0.3, -0.25) is 5.10 Å². The van der Waals surface area contributed by atoms with Gasteiger partial charge in [0.2, 0.25) is 0 Å². The van der Waals surface area contributed by atoms with Crippen molar-refractivity contribution >= 4 is 0 Å². The van der Waals surface area contributed by atoms with Crippen molar-refractivity contribution < 1.29 is 36.1 Å². The number of aromatic amines is 1. The Labute approximate surface area is 99.6 Å². The van der Waals surface area contributed by atoms with Gasteiger partial charge in [-0.2, -0.15) is 5.10 Å². The Bertz CT molecular complexity index is 378. The number of phenolic OH excluding ortho intramolecular Hbond substituents is 1. The van der Waals surface area contributed by atoms with Gasteiger partial charge < -0.3 is 6.53 Å². The van der Waals surface area contributed by atoms with E-state index >= 15 is 0 Å². The number of nitrogens with one attached hydrogen (secondary N) is 1. The fourth-order valence-corrected chi connectivity index (χ4v) is 1.11. The second kappa shape index (κ2) is 4.46. The maximum absolute atomic E-state index is 9.43. The molecule has 3 nitrogen and oxygen atoms in total. The number of rotatable bonds is 1. The van der Waals surface area contributed by atoms with E-state index in [0.717, 1.165) is 11.3 Å². The van der Waals surface area contributed by atoms with Gasteiger partial charge in [0.15, 0.2) is 0 Å². The maximum Gasteiger partial charge on any atom is 1.00 e. The van der Waals surface area contributed by atoms with Gasteiger partial charge >= 0.3 is 29.6 Å². The van der Waals surface area contributed by atoms with Crippen molar-refractivity contribution in [1.29, 1.82) is 0 Å². The van der Waals surface area contributed by atoms with Gasteiger partial charge in [-0.05, 0) is 18.2 Å². The van der Waals surface area contributed by atoms with Crippen LogP contribution in [0.2, 0.25) is 0 Å². The molecule has 1 heterocycles. The fraction of sp³-hybridized carbons (Fsp3) is 0. The van der Waals surface area contributed by atoms with Crippen LogP contribution >= 0.6 is 0 Å². The summed E-state index contributed by atoms with van der Waals surface area (Å²) in [6.07, 6.45) is 1.65. The standard InChI is InChI=1S/C9H8N2O.Na.H/c12-9-4-2-1-3-7(9)8-5-6-10-11-8;;/h1-6,12H,(H,10,11);;/q;+1;-1. The molecule has 62 valence electrons. The Balaban J connectivity index is 0.000000845. The third-order valence-electron chi connectivity index (χ3n) is 1.69. The van der Waals surface area contributed by atoms with E-state index in [1.807, 2.05) is 18.2 Å². The Morgan fingerprint density at radius 1 is 1.23 bits per heavy atom. The second-order valence-corrected chi connectivity index (χ2v) is 2.49. The molecule has 0 radical (unpaired) electrons. The molecule has 0 fully saturated rings. The Morgan fingerprint density at radius 2 is 2.00 bits per heavy atom. The van der Waals surface area contributed by atoms with Crippen LogP contribution < -0.4 is 29.6 Å². The second-order valence-electron chi connectivity index (χ2n) is 2.49. The molecule has 0 saturated heterocycles. The minimum Gasteiger partial charge on any atom is -1.00 e. The summed E-state index contributed by atoms with van der Waals surface area (Å²) in [4.78, 5) is 0. The van der Waals surface area contributed by atoms with E-state index in [4.69, 9.17) is 0 Å². The molecule has 0 atom stereocenters. The molecule has 0 saturated carbocycles. The average Bonchev–Trinajstić information content (AvgIpc) is 2.57. The molecule has 2 rings (SSSR count). The van der Waals surface area contributed by atoms with Crippen LogP contribution in [-0.2, 0) is 0 Å². The first-order valence-corrected chi connectivity index (χ1v) is 3.65. The van der Waals surface area contributed by atoms with Crippen LogP contribution in [0.15, 0.2) is 36.5 Å². The zero-order valence-electron chi connectivity index (χ0n) is 8.36. The number of para-hydroxylation sites is 1. The van der Waals surface area contributed by atoms with Crippen molar-refractivity contribution in [1.82, 2.24) is 10.2 Å². The smallest absolute Gasteiger partial charge is 1.00 e. The van der Waals surface area contributed by atoms with Gasteiger partial charge in [0.05, 0.1) is 5.69 Å². The number of hydrogen-bond acceptors (Lipinski definition) is 2. The number of nitrogens with zero attached hydrogens (tertiary/aromatic N) is 1. The topological polar surface area (TPSA) is 48.9 Å². The van der Waals surface area contributed by atoms with Crippen LogP contribution in [0.3, 0.4) is 0 Å². The van der Waals surface area contributed by atoms with Crippen LogP contribution in [0.5, 0.6) is 5.75 Å². The van der Waals surface area contributed by atoms with Gasteiger partial charge in [-0.15, -0.1) is 0 Å². The largest absolute Gasteiger partial charge is 1.00 e. The normalized spacial score (nSPS) is 9.23. The SMILES string of the molecule is Oc1ccccc1-c1ccn[nH]1.[H-].[Na+]. The molecule has 0 unspecified atom stereocenters. The van der Waals surface area contributed by atoms with E-state index in [0.29, 0.717) is 0 Å². The van der Waals surface area contributed by atoms with Crippen LogP contribution in [0.1, 0.15) is 1.43 Å². The quantitative estimate of drug-likeness (QED) is 0.553. The van der Waals surface area contributed by atoms with Gasteiger partial charge in [-0.25, -0.2) is 0 Å². The minimum atomic E-state index is 0. The fourth-order valence-electron chi connectivity index (χ4n) is 1.11. The van der Waals surface area contributed by atoms with Crippen LogP contribution in [0, 0.1) is 0 Å². The number of phenols is 1. The van der Waals surface area contributed by atoms with E-state index in [2.05, 4.69) is 10.2 Å². The molecule has 0 aliphatic carbocycles. The van der Waals surface area contributed by atoms with Gasteiger partial charge in [0.25, 0.3) is 0 Å². The first-order chi connectivity index (χ1) is 5.88. The van der Waals surface area contributed by atoms with Gasteiger partial charge in [0, 0.05) is 11.8 Å². The molecule has 2 aromatic rings. The summed E-state index contributed by atoms with van der Waals surface area (Å²) < 4.78 is 0. The molecule has 4 heteroatoms. The zero-order chi connectivity index (χ0) is 8.39. The number of hydrogen-bond donors (Lipinski definition) is 2. The van der Waals surface area contributed by atoms with Gasteiger partial charge in [-0.1, -0.05) is 12.1 Å². The monoisotopic (exact) mass is 184 g/mol. The number of aromatic nitrogens is 2. The van der Waals surface area contributed by atoms with Crippen LogP contribution in [-0.4, -0.2) is 15.3 Å². The molecule has 0 spiro atoms. The molecule has 0 bridgehead atoms.